The number of rotatable bonds is 6. The first kappa shape index (κ1) is 20.3. The zero-order valence-corrected chi connectivity index (χ0v) is 18.9. The predicted molar refractivity (Wildman–Crippen MR) is 139 cm³/mol. The molecule has 0 radical (unpaired) electrons. The van der Waals surface area contributed by atoms with Crippen LogP contribution in [0.5, 0.6) is 0 Å². The molecule has 2 unspecified atom stereocenters. The van der Waals surface area contributed by atoms with Gasteiger partial charge in [-0.2, -0.15) is 0 Å². The van der Waals surface area contributed by atoms with E-state index in [9.17, 15) is 0 Å². The number of H-pyrrole nitrogens is 1. The van der Waals surface area contributed by atoms with Crippen LogP contribution in [-0.2, 0) is 19.3 Å². The molecule has 164 valence electrons. The minimum atomic E-state index is 0.497. The van der Waals surface area contributed by atoms with Crippen LogP contribution in [0.15, 0.2) is 97.2 Å². The molecular weight excluding hydrogens is 400 g/mol. The Morgan fingerprint density at radius 1 is 0.818 bits per heavy atom. The highest BCUT2D eigenvalue weighted by Crippen LogP contribution is 2.35. The largest absolute Gasteiger partial charge is 0.361 e. The molecule has 0 amide bonds. The fourth-order valence-electron chi connectivity index (χ4n) is 5.70. The molecule has 0 aliphatic heterocycles. The van der Waals surface area contributed by atoms with Gasteiger partial charge in [-0.25, -0.2) is 0 Å². The molecule has 2 N–H and O–H groups in total. The van der Waals surface area contributed by atoms with Gasteiger partial charge in [0.2, 0.25) is 0 Å². The van der Waals surface area contributed by atoms with Crippen molar-refractivity contribution in [1.82, 2.24) is 10.3 Å². The highest BCUT2D eigenvalue weighted by atomic mass is 14.9. The molecular formula is C31H30N2. The smallest absolute Gasteiger partial charge is 0.0456 e. The average molecular weight is 431 g/mol. The van der Waals surface area contributed by atoms with E-state index in [4.69, 9.17) is 0 Å². The number of fused-ring (bicyclic) bond motifs is 3. The Kier molecular flexibility index (Phi) is 5.45. The van der Waals surface area contributed by atoms with E-state index in [2.05, 4.69) is 107 Å². The molecule has 4 aromatic carbocycles. The van der Waals surface area contributed by atoms with Crippen LogP contribution in [0.3, 0.4) is 0 Å². The van der Waals surface area contributed by atoms with Crippen molar-refractivity contribution in [3.63, 3.8) is 0 Å². The Balaban J connectivity index is 1.23. The van der Waals surface area contributed by atoms with E-state index < -0.39 is 0 Å². The summed E-state index contributed by atoms with van der Waals surface area (Å²) in [5.74, 6) is 0.499. The van der Waals surface area contributed by atoms with E-state index in [1.807, 2.05) is 0 Å². The van der Waals surface area contributed by atoms with Gasteiger partial charge in [-0.3, -0.25) is 0 Å². The molecule has 6 rings (SSSR count). The normalized spacial score (nSPS) is 17.9. The van der Waals surface area contributed by atoms with E-state index in [-0.39, 0.29) is 0 Å². The van der Waals surface area contributed by atoms with Gasteiger partial charge in [-0.15, -0.1) is 0 Å². The van der Waals surface area contributed by atoms with Gasteiger partial charge in [0, 0.05) is 29.1 Å². The maximum absolute atomic E-state index is 3.96. The second-order valence-electron chi connectivity index (χ2n) is 9.40. The molecule has 2 nitrogen and oxygen atoms in total. The standard InChI is InChI=1S/C31H30N2/c1-2-9-25-19-22(13-14-23(25)7-1)20-29-27-10-4-3-8-24(27)15-16-31(29)32-18-17-26-21-33-30-12-6-5-11-28(26)30/h1-14,19,21,29,31-33H,15-18,20H2. The molecule has 1 aliphatic carbocycles. The first-order valence-corrected chi connectivity index (χ1v) is 12.2. The minimum Gasteiger partial charge on any atom is -0.361 e. The second-order valence-corrected chi connectivity index (χ2v) is 9.40. The van der Waals surface area contributed by atoms with Crippen LogP contribution >= 0.6 is 0 Å². The number of aromatic amines is 1. The molecule has 1 aliphatic rings. The number of aromatic nitrogens is 1. The van der Waals surface area contributed by atoms with Crippen LogP contribution in [0.4, 0.5) is 0 Å². The van der Waals surface area contributed by atoms with Crippen LogP contribution in [0.1, 0.15) is 34.6 Å². The van der Waals surface area contributed by atoms with Gasteiger partial charge >= 0.3 is 0 Å². The molecule has 0 saturated carbocycles. The number of nitrogens with one attached hydrogen (secondary N) is 2. The zero-order chi connectivity index (χ0) is 22.0. The summed E-state index contributed by atoms with van der Waals surface area (Å²) in [6.07, 6.45) is 6.66. The summed E-state index contributed by atoms with van der Waals surface area (Å²) in [5.41, 5.74) is 7.12. The third-order valence-electron chi connectivity index (χ3n) is 7.41. The van der Waals surface area contributed by atoms with E-state index in [1.54, 1.807) is 0 Å². The molecule has 0 fully saturated rings. The van der Waals surface area contributed by atoms with Gasteiger partial charge in [-0.05, 0) is 71.3 Å². The van der Waals surface area contributed by atoms with Crippen LogP contribution in [0.2, 0.25) is 0 Å². The van der Waals surface area contributed by atoms with Crippen molar-refractivity contribution in [3.8, 4) is 0 Å². The van der Waals surface area contributed by atoms with Gasteiger partial charge in [0.15, 0.2) is 0 Å². The number of aryl methyl sites for hydroxylation is 1. The number of para-hydroxylation sites is 1. The molecule has 0 saturated heterocycles. The second kappa shape index (κ2) is 8.88. The lowest BCUT2D eigenvalue weighted by Crippen LogP contribution is -2.40. The molecule has 2 heteroatoms. The summed E-state index contributed by atoms with van der Waals surface area (Å²) in [5, 5.41) is 7.96. The third-order valence-corrected chi connectivity index (χ3v) is 7.41. The van der Waals surface area contributed by atoms with Crippen molar-refractivity contribution in [1.29, 1.82) is 0 Å². The molecule has 0 spiro atoms. The summed E-state index contributed by atoms with van der Waals surface area (Å²) in [7, 11) is 0. The lowest BCUT2D eigenvalue weighted by Gasteiger charge is -2.35. The minimum absolute atomic E-state index is 0.497. The van der Waals surface area contributed by atoms with E-state index >= 15 is 0 Å². The van der Waals surface area contributed by atoms with Gasteiger partial charge in [0.1, 0.15) is 0 Å². The summed E-state index contributed by atoms with van der Waals surface area (Å²) >= 11 is 0. The fourth-order valence-corrected chi connectivity index (χ4v) is 5.70. The zero-order valence-electron chi connectivity index (χ0n) is 18.9. The highest BCUT2D eigenvalue weighted by molar-refractivity contribution is 5.83. The van der Waals surface area contributed by atoms with E-state index in [0.29, 0.717) is 12.0 Å². The maximum Gasteiger partial charge on any atom is 0.0456 e. The predicted octanol–water partition coefficient (Wildman–Crippen LogP) is 6.79. The van der Waals surface area contributed by atoms with Crippen LogP contribution in [0.25, 0.3) is 21.7 Å². The Morgan fingerprint density at radius 2 is 1.64 bits per heavy atom. The van der Waals surface area contributed by atoms with Crippen LogP contribution < -0.4 is 5.32 Å². The molecule has 1 aromatic heterocycles. The summed E-state index contributed by atoms with van der Waals surface area (Å²) in [6, 6.07) is 33.8. The fraction of sp³-hybridized carbons (Fsp3) is 0.226. The van der Waals surface area contributed by atoms with Gasteiger partial charge in [0.25, 0.3) is 0 Å². The first-order valence-electron chi connectivity index (χ1n) is 12.2. The Hall–Kier alpha value is -3.36. The SMILES string of the molecule is c1ccc2c(c1)CCC(NCCc1c[nH]c3ccccc13)C2Cc1ccc2ccccc2c1. The molecule has 0 bridgehead atoms. The quantitative estimate of drug-likeness (QED) is 0.305. The molecule has 1 heterocycles. The van der Waals surface area contributed by atoms with Crippen molar-refractivity contribution < 1.29 is 0 Å². The van der Waals surface area contributed by atoms with Crippen molar-refractivity contribution in [3.05, 3.63) is 119 Å². The Bertz CT molecular complexity index is 1400. The lowest BCUT2D eigenvalue weighted by atomic mass is 9.76. The maximum atomic E-state index is 3.96. The Morgan fingerprint density at radius 3 is 2.61 bits per heavy atom. The van der Waals surface area contributed by atoms with Crippen molar-refractivity contribution in [2.24, 2.45) is 0 Å². The number of hydrogen-bond acceptors (Lipinski definition) is 1. The first-order chi connectivity index (χ1) is 16.3. The van der Waals surface area contributed by atoms with E-state index in [1.165, 1.54) is 50.4 Å². The summed E-state index contributed by atoms with van der Waals surface area (Å²) < 4.78 is 0. The van der Waals surface area contributed by atoms with Crippen LogP contribution in [0, 0.1) is 0 Å². The van der Waals surface area contributed by atoms with Crippen LogP contribution in [-0.4, -0.2) is 17.6 Å². The van der Waals surface area contributed by atoms with Crippen molar-refractivity contribution in [2.75, 3.05) is 6.54 Å². The van der Waals surface area contributed by atoms with Crippen molar-refractivity contribution in [2.45, 2.75) is 37.6 Å². The monoisotopic (exact) mass is 430 g/mol. The lowest BCUT2D eigenvalue weighted by molar-refractivity contribution is 0.387. The number of benzene rings is 4. The van der Waals surface area contributed by atoms with Gasteiger partial charge in [-0.1, -0.05) is 84.9 Å². The summed E-state index contributed by atoms with van der Waals surface area (Å²) in [4.78, 5) is 3.42. The average Bonchev–Trinajstić information content (AvgIpc) is 3.28. The summed E-state index contributed by atoms with van der Waals surface area (Å²) in [6.45, 7) is 1.00. The van der Waals surface area contributed by atoms with Gasteiger partial charge < -0.3 is 10.3 Å². The highest BCUT2D eigenvalue weighted by Gasteiger charge is 2.29. The van der Waals surface area contributed by atoms with E-state index in [0.717, 1.165) is 25.8 Å². The Labute approximate surface area is 195 Å². The molecule has 33 heavy (non-hydrogen) atoms. The van der Waals surface area contributed by atoms with Gasteiger partial charge in [0.05, 0.1) is 0 Å². The topological polar surface area (TPSA) is 27.8 Å². The molecule has 5 aromatic rings. The third kappa shape index (κ3) is 4.07. The molecule has 2 atom stereocenters. The number of hydrogen-bond donors (Lipinski definition) is 2. The van der Waals surface area contributed by atoms with Crippen molar-refractivity contribution >= 4 is 21.7 Å².